The van der Waals surface area contributed by atoms with E-state index in [-0.39, 0.29) is 12.1 Å². The van der Waals surface area contributed by atoms with Gasteiger partial charge in [-0.15, -0.1) is 0 Å². The van der Waals surface area contributed by atoms with Gasteiger partial charge in [-0.05, 0) is 12.8 Å². The maximum Gasteiger partial charge on any atom is 0.228 e. The summed E-state index contributed by atoms with van der Waals surface area (Å²) in [4.78, 5) is 0. The van der Waals surface area contributed by atoms with Gasteiger partial charge >= 0.3 is 0 Å². The SMILES string of the molecule is CN(C1CCCCC1N)S(=O)(=O)CS(C)(=O)=O. The number of likely N-dealkylation sites (N-methyl/N-ethyl adjacent to an activating group) is 1. The molecule has 17 heavy (non-hydrogen) atoms. The van der Waals surface area contributed by atoms with E-state index in [9.17, 15) is 16.8 Å². The number of sulfone groups is 1. The van der Waals surface area contributed by atoms with E-state index in [2.05, 4.69) is 0 Å². The molecule has 0 aromatic rings. The van der Waals surface area contributed by atoms with Gasteiger partial charge in [-0.1, -0.05) is 12.8 Å². The molecule has 1 aliphatic rings. The minimum absolute atomic E-state index is 0.205. The summed E-state index contributed by atoms with van der Waals surface area (Å²) in [5.41, 5.74) is 5.88. The molecule has 2 atom stereocenters. The smallest absolute Gasteiger partial charge is 0.228 e. The fourth-order valence-corrected chi connectivity index (χ4v) is 5.66. The normalized spacial score (nSPS) is 27.3. The van der Waals surface area contributed by atoms with Gasteiger partial charge in [0.1, 0.15) is 0 Å². The average molecular weight is 284 g/mol. The van der Waals surface area contributed by atoms with Crippen LogP contribution < -0.4 is 5.73 Å². The lowest BCUT2D eigenvalue weighted by Gasteiger charge is -2.34. The van der Waals surface area contributed by atoms with E-state index in [4.69, 9.17) is 5.73 Å². The van der Waals surface area contributed by atoms with Gasteiger partial charge in [0.15, 0.2) is 14.9 Å². The van der Waals surface area contributed by atoms with Crippen molar-refractivity contribution in [3.05, 3.63) is 0 Å². The molecular formula is C9H20N2O4S2. The zero-order chi connectivity index (χ0) is 13.3. The number of hydrogen-bond donors (Lipinski definition) is 1. The molecular weight excluding hydrogens is 264 g/mol. The lowest BCUT2D eigenvalue weighted by atomic mass is 9.91. The fraction of sp³-hybridized carbons (Fsp3) is 1.00. The van der Waals surface area contributed by atoms with Crippen molar-refractivity contribution < 1.29 is 16.8 Å². The minimum atomic E-state index is -3.79. The number of nitrogens with two attached hydrogens (primary N) is 1. The topological polar surface area (TPSA) is 97.5 Å². The van der Waals surface area contributed by atoms with Crippen molar-refractivity contribution in [3.63, 3.8) is 0 Å². The van der Waals surface area contributed by atoms with Crippen LogP contribution in [0.4, 0.5) is 0 Å². The lowest BCUT2D eigenvalue weighted by Crippen LogP contribution is -2.51. The first-order valence-electron chi connectivity index (χ1n) is 5.52. The molecule has 0 heterocycles. The Balaban J connectivity index is 2.84. The van der Waals surface area contributed by atoms with E-state index in [1.54, 1.807) is 0 Å². The van der Waals surface area contributed by atoms with Gasteiger partial charge in [0.2, 0.25) is 10.0 Å². The van der Waals surface area contributed by atoms with Crippen LogP contribution in [0.15, 0.2) is 0 Å². The third-order valence-electron chi connectivity index (χ3n) is 3.05. The van der Waals surface area contributed by atoms with E-state index >= 15 is 0 Å². The van der Waals surface area contributed by atoms with Crippen LogP contribution in [0.5, 0.6) is 0 Å². The van der Waals surface area contributed by atoms with Crippen LogP contribution in [-0.4, -0.2) is 51.6 Å². The van der Waals surface area contributed by atoms with E-state index in [0.29, 0.717) is 6.42 Å². The van der Waals surface area contributed by atoms with E-state index in [1.165, 1.54) is 7.05 Å². The molecule has 1 saturated carbocycles. The second-order valence-electron chi connectivity index (χ2n) is 4.69. The second-order valence-corrected chi connectivity index (χ2v) is 9.22. The van der Waals surface area contributed by atoms with Crippen LogP contribution in [0, 0.1) is 0 Å². The largest absolute Gasteiger partial charge is 0.326 e. The van der Waals surface area contributed by atoms with Gasteiger partial charge in [0.05, 0.1) is 0 Å². The van der Waals surface area contributed by atoms with Crippen molar-refractivity contribution in [2.45, 2.75) is 37.8 Å². The number of nitrogens with zero attached hydrogens (tertiary/aromatic N) is 1. The lowest BCUT2D eigenvalue weighted by molar-refractivity contribution is 0.253. The van der Waals surface area contributed by atoms with Crippen molar-refractivity contribution in [3.8, 4) is 0 Å². The van der Waals surface area contributed by atoms with Crippen LogP contribution in [0.2, 0.25) is 0 Å². The Labute approximate surface area is 103 Å². The Morgan fingerprint density at radius 3 is 2.18 bits per heavy atom. The first-order chi connectivity index (χ1) is 7.63. The van der Waals surface area contributed by atoms with E-state index in [1.807, 2.05) is 0 Å². The summed E-state index contributed by atoms with van der Waals surface area (Å²) in [7, 11) is -5.93. The summed E-state index contributed by atoms with van der Waals surface area (Å²) < 4.78 is 47.1. The van der Waals surface area contributed by atoms with Crippen LogP contribution in [0.3, 0.4) is 0 Å². The molecule has 0 aliphatic heterocycles. The molecule has 1 fully saturated rings. The monoisotopic (exact) mass is 284 g/mol. The Kier molecular flexibility index (Phi) is 4.56. The van der Waals surface area contributed by atoms with Gasteiger partial charge < -0.3 is 5.73 Å². The molecule has 0 aromatic carbocycles. The van der Waals surface area contributed by atoms with Crippen molar-refractivity contribution in [1.82, 2.24) is 4.31 Å². The molecule has 0 radical (unpaired) electrons. The molecule has 1 rings (SSSR count). The molecule has 102 valence electrons. The molecule has 8 heteroatoms. The quantitative estimate of drug-likeness (QED) is 0.752. The molecule has 6 nitrogen and oxygen atoms in total. The Morgan fingerprint density at radius 1 is 1.18 bits per heavy atom. The van der Waals surface area contributed by atoms with Gasteiger partial charge in [-0.3, -0.25) is 0 Å². The van der Waals surface area contributed by atoms with Crippen molar-refractivity contribution in [2.24, 2.45) is 5.73 Å². The summed E-state index contributed by atoms with van der Waals surface area (Å²) in [6, 6.07) is -0.487. The fourth-order valence-electron chi connectivity index (χ4n) is 2.15. The van der Waals surface area contributed by atoms with Gasteiger partial charge in [0.25, 0.3) is 0 Å². The highest BCUT2D eigenvalue weighted by Crippen LogP contribution is 2.23. The minimum Gasteiger partial charge on any atom is -0.326 e. The standard InChI is InChI=1S/C9H20N2O4S2/c1-11(9-6-4-3-5-8(9)10)17(14,15)7-16(2,12)13/h8-9H,3-7,10H2,1-2H3. The number of sulfonamides is 1. The third-order valence-corrected chi connectivity index (χ3v) is 7.10. The van der Waals surface area contributed by atoms with Crippen molar-refractivity contribution in [2.75, 3.05) is 18.4 Å². The van der Waals surface area contributed by atoms with Crippen LogP contribution in [-0.2, 0) is 19.9 Å². The molecule has 0 spiro atoms. The molecule has 0 amide bonds. The summed E-state index contributed by atoms with van der Waals surface area (Å²) in [5.74, 6) is 0. The zero-order valence-corrected chi connectivity index (χ0v) is 11.8. The molecule has 0 saturated heterocycles. The summed E-state index contributed by atoms with van der Waals surface area (Å²) in [6.45, 7) is 0. The predicted molar refractivity (Wildman–Crippen MR) is 66.6 cm³/mol. The highest BCUT2D eigenvalue weighted by Gasteiger charge is 2.34. The highest BCUT2D eigenvalue weighted by molar-refractivity contribution is 8.06. The maximum absolute atomic E-state index is 11.9. The van der Waals surface area contributed by atoms with Crippen LogP contribution in [0.25, 0.3) is 0 Å². The van der Waals surface area contributed by atoms with Crippen molar-refractivity contribution >= 4 is 19.9 Å². The molecule has 2 N–H and O–H groups in total. The zero-order valence-electron chi connectivity index (χ0n) is 10.2. The third kappa shape index (κ3) is 4.20. The molecule has 0 bridgehead atoms. The highest BCUT2D eigenvalue weighted by atomic mass is 32.3. The first-order valence-corrected chi connectivity index (χ1v) is 9.19. The Morgan fingerprint density at radius 2 is 1.71 bits per heavy atom. The molecule has 1 aliphatic carbocycles. The van der Waals surface area contributed by atoms with E-state index < -0.39 is 24.9 Å². The van der Waals surface area contributed by atoms with Crippen LogP contribution >= 0.6 is 0 Å². The summed E-state index contributed by atoms with van der Waals surface area (Å²) in [6.07, 6.45) is 4.32. The van der Waals surface area contributed by atoms with Gasteiger partial charge in [-0.25, -0.2) is 16.8 Å². The second kappa shape index (κ2) is 5.21. The molecule has 0 aromatic heterocycles. The average Bonchev–Trinajstić information content (AvgIpc) is 2.13. The van der Waals surface area contributed by atoms with Crippen molar-refractivity contribution in [1.29, 1.82) is 0 Å². The van der Waals surface area contributed by atoms with Gasteiger partial charge in [-0.2, -0.15) is 4.31 Å². The molecule has 2 unspecified atom stereocenters. The number of rotatable bonds is 4. The Hall–Kier alpha value is -0.180. The Bertz CT molecular complexity index is 457. The maximum atomic E-state index is 11.9. The van der Waals surface area contributed by atoms with E-state index in [0.717, 1.165) is 29.8 Å². The first kappa shape index (κ1) is 14.9. The van der Waals surface area contributed by atoms with Gasteiger partial charge in [0, 0.05) is 25.4 Å². The predicted octanol–water partition coefficient (Wildman–Crippen LogP) is -0.480. The summed E-state index contributed by atoms with van der Waals surface area (Å²) >= 11 is 0. The summed E-state index contributed by atoms with van der Waals surface area (Å²) in [5, 5.41) is -0.848. The number of hydrogen-bond acceptors (Lipinski definition) is 5. The van der Waals surface area contributed by atoms with Crippen LogP contribution in [0.1, 0.15) is 25.7 Å².